The molecule has 3 rings (SSSR count). The second kappa shape index (κ2) is 4.91. The lowest BCUT2D eigenvalue weighted by atomic mass is 10.0. The summed E-state index contributed by atoms with van der Waals surface area (Å²) in [6.45, 7) is 2.33. The smallest absolute Gasteiger partial charge is 0.399 e. The Labute approximate surface area is 119 Å². The van der Waals surface area contributed by atoms with Crippen LogP contribution in [0.5, 0.6) is 0 Å². The highest BCUT2D eigenvalue weighted by molar-refractivity contribution is 5.80. The second-order valence-corrected chi connectivity index (χ2v) is 5.41. The fourth-order valence-electron chi connectivity index (χ4n) is 2.89. The first kappa shape index (κ1) is 14.2. The quantitative estimate of drug-likeness (QED) is 0.821. The summed E-state index contributed by atoms with van der Waals surface area (Å²) in [4.78, 5) is 3.76. The van der Waals surface area contributed by atoms with E-state index < -0.39 is 12.0 Å². The molecule has 1 aliphatic rings. The lowest BCUT2D eigenvalue weighted by Crippen LogP contribution is -2.28. The molecule has 0 amide bonds. The van der Waals surface area contributed by atoms with Crippen LogP contribution in [-0.4, -0.2) is 22.3 Å². The molecule has 2 atom stereocenters. The maximum Gasteiger partial charge on any atom is 0.449 e. The predicted octanol–water partition coefficient (Wildman–Crippen LogP) is 3.38. The number of benzene rings is 1. The number of nitrogens with two attached hydrogens (primary N) is 1. The molecule has 114 valence electrons. The Hall–Kier alpha value is -1.76. The van der Waals surface area contributed by atoms with Crippen LogP contribution < -0.4 is 5.73 Å². The summed E-state index contributed by atoms with van der Waals surface area (Å²) >= 11 is 0. The molecule has 0 saturated carbocycles. The lowest BCUT2D eigenvalue weighted by molar-refractivity contribution is -0.148. The fourth-order valence-corrected chi connectivity index (χ4v) is 2.89. The number of hydrogen-bond acceptors (Lipinski definition) is 3. The van der Waals surface area contributed by atoms with Crippen LogP contribution in [0.1, 0.15) is 31.6 Å². The first-order valence-corrected chi connectivity index (χ1v) is 6.82. The van der Waals surface area contributed by atoms with Crippen LogP contribution in [0.2, 0.25) is 0 Å². The Balaban J connectivity index is 2.18. The summed E-state index contributed by atoms with van der Waals surface area (Å²) < 4.78 is 46.6. The van der Waals surface area contributed by atoms with E-state index in [1.807, 2.05) is 6.92 Å². The van der Waals surface area contributed by atoms with Crippen molar-refractivity contribution in [3.05, 3.63) is 24.0 Å². The Kier molecular flexibility index (Phi) is 3.32. The van der Waals surface area contributed by atoms with Crippen LogP contribution in [0.15, 0.2) is 18.2 Å². The average Bonchev–Trinajstić information content (AvgIpc) is 2.77. The molecule has 2 N–H and O–H groups in total. The lowest BCUT2D eigenvalue weighted by Gasteiger charge is -2.30. The number of anilines is 1. The van der Waals surface area contributed by atoms with Crippen molar-refractivity contribution in [3.8, 4) is 0 Å². The van der Waals surface area contributed by atoms with Gasteiger partial charge in [0.2, 0.25) is 5.82 Å². The molecule has 0 spiro atoms. The van der Waals surface area contributed by atoms with Crippen LogP contribution in [0.25, 0.3) is 11.0 Å². The molecule has 1 fully saturated rings. The number of nitrogens with zero attached hydrogens (tertiary/aromatic N) is 2. The van der Waals surface area contributed by atoms with Gasteiger partial charge in [-0.15, -0.1) is 0 Å². The minimum Gasteiger partial charge on any atom is -0.399 e. The number of ether oxygens (including phenoxy) is 1. The predicted molar refractivity (Wildman–Crippen MR) is 72.8 cm³/mol. The third-order valence-corrected chi connectivity index (χ3v) is 3.79. The summed E-state index contributed by atoms with van der Waals surface area (Å²) in [5.41, 5.74) is 6.79. The van der Waals surface area contributed by atoms with Gasteiger partial charge in [-0.3, -0.25) is 0 Å². The molecule has 1 saturated heterocycles. The first-order valence-electron chi connectivity index (χ1n) is 6.82. The minimum absolute atomic E-state index is 0.0592. The molecule has 0 bridgehead atoms. The molecule has 0 aliphatic carbocycles. The van der Waals surface area contributed by atoms with Gasteiger partial charge in [-0.1, -0.05) is 0 Å². The SMILES string of the molecule is CC1CC(n2c(C(F)(F)F)nc3cc(N)ccc32)CCO1. The van der Waals surface area contributed by atoms with E-state index in [0.29, 0.717) is 30.7 Å². The van der Waals surface area contributed by atoms with Crippen molar-refractivity contribution in [2.75, 3.05) is 12.3 Å². The standard InChI is InChI=1S/C14H16F3N3O/c1-8-6-10(4-5-21-8)20-12-3-2-9(18)7-11(12)19-13(20)14(15,16)17/h2-3,7-8,10H,4-6,18H2,1H3. The van der Waals surface area contributed by atoms with Crippen molar-refractivity contribution in [1.82, 2.24) is 9.55 Å². The zero-order chi connectivity index (χ0) is 15.2. The number of nitrogen functional groups attached to an aromatic ring is 1. The van der Waals surface area contributed by atoms with Crippen LogP contribution >= 0.6 is 0 Å². The minimum atomic E-state index is -4.49. The van der Waals surface area contributed by atoms with Gasteiger partial charge in [0.1, 0.15) is 0 Å². The molecule has 0 radical (unpaired) electrons. The van der Waals surface area contributed by atoms with E-state index in [1.54, 1.807) is 12.1 Å². The van der Waals surface area contributed by atoms with Gasteiger partial charge in [-0.2, -0.15) is 13.2 Å². The van der Waals surface area contributed by atoms with Crippen molar-refractivity contribution < 1.29 is 17.9 Å². The first-order chi connectivity index (χ1) is 9.86. The number of fused-ring (bicyclic) bond motifs is 1. The molecule has 21 heavy (non-hydrogen) atoms. The molecule has 2 aromatic rings. The summed E-state index contributed by atoms with van der Waals surface area (Å²) in [7, 11) is 0. The van der Waals surface area contributed by atoms with E-state index in [1.165, 1.54) is 10.6 Å². The fraction of sp³-hybridized carbons (Fsp3) is 0.500. The van der Waals surface area contributed by atoms with Gasteiger partial charge in [0.25, 0.3) is 0 Å². The Morgan fingerprint density at radius 2 is 2.14 bits per heavy atom. The van der Waals surface area contributed by atoms with E-state index in [0.717, 1.165) is 0 Å². The molecule has 1 aromatic heterocycles. The van der Waals surface area contributed by atoms with Gasteiger partial charge in [0.15, 0.2) is 0 Å². The van der Waals surface area contributed by atoms with E-state index in [2.05, 4.69) is 4.98 Å². The van der Waals surface area contributed by atoms with Crippen molar-refractivity contribution in [1.29, 1.82) is 0 Å². The van der Waals surface area contributed by atoms with Crippen LogP contribution in [0.4, 0.5) is 18.9 Å². The van der Waals surface area contributed by atoms with E-state index in [9.17, 15) is 13.2 Å². The van der Waals surface area contributed by atoms with Crippen LogP contribution in [0, 0.1) is 0 Å². The molecule has 2 unspecified atom stereocenters. The normalized spacial score (nSPS) is 23.6. The molecular weight excluding hydrogens is 283 g/mol. The monoisotopic (exact) mass is 299 g/mol. The van der Waals surface area contributed by atoms with E-state index in [-0.39, 0.29) is 17.7 Å². The highest BCUT2D eigenvalue weighted by Crippen LogP contribution is 2.37. The number of halogens is 3. The van der Waals surface area contributed by atoms with Crippen molar-refractivity contribution in [2.24, 2.45) is 0 Å². The number of imidazole rings is 1. The van der Waals surface area contributed by atoms with Crippen molar-refractivity contribution in [2.45, 2.75) is 38.1 Å². The van der Waals surface area contributed by atoms with Gasteiger partial charge < -0.3 is 15.0 Å². The number of hydrogen-bond donors (Lipinski definition) is 1. The largest absolute Gasteiger partial charge is 0.449 e. The van der Waals surface area contributed by atoms with Gasteiger partial charge in [-0.05, 0) is 38.0 Å². The third-order valence-electron chi connectivity index (χ3n) is 3.79. The topological polar surface area (TPSA) is 53.1 Å². The summed E-state index contributed by atoms with van der Waals surface area (Å²) in [5, 5.41) is 0. The Bertz CT molecular complexity index is 665. The van der Waals surface area contributed by atoms with Gasteiger partial charge >= 0.3 is 6.18 Å². The highest BCUT2D eigenvalue weighted by Gasteiger charge is 2.40. The molecule has 7 heteroatoms. The maximum absolute atomic E-state index is 13.3. The average molecular weight is 299 g/mol. The molecule has 2 heterocycles. The molecule has 1 aliphatic heterocycles. The molecular formula is C14H16F3N3O. The molecule has 4 nitrogen and oxygen atoms in total. The van der Waals surface area contributed by atoms with E-state index in [4.69, 9.17) is 10.5 Å². The zero-order valence-corrected chi connectivity index (χ0v) is 11.5. The van der Waals surface area contributed by atoms with Crippen LogP contribution in [-0.2, 0) is 10.9 Å². The zero-order valence-electron chi connectivity index (χ0n) is 11.5. The Morgan fingerprint density at radius 1 is 1.38 bits per heavy atom. The molecule has 1 aromatic carbocycles. The maximum atomic E-state index is 13.3. The Morgan fingerprint density at radius 3 is 2.81 bits per heavy atom. The van der Waals surface area contributed by atoms with E-state index >= 15 is 0 Å². The summed E-state index contributed by atoms with van der Waals surface area (Å²) in [6.07, 6.45) is -3.46. The number of aromatic nitrogens is 2. The van der Waals surface area contributed by atoms with Gasteiger partial charge in [-0.25, -0.2) is 4.98 Å². The van der Waals surface area contributed by atoms with Crippen molar-refractivity contribution >= 4 is 16.7 Å². The third kappa shape index (κ3) is 2.57. The van der Waals surface area contributed by atoms with Crippen molar-refractivity contribution in [3.63, 3.8) is 0 Å². The second-order valence-electron chi connectivity index (χ2n) is 5.41. The summed E-state index contributed by atoms with van der Waals surface area (Å²) in [5.74, 6) is -0.859. The number of rotatable bonds is 1. The van der Waals surface area contributed by atoms with Crippen LogP contribution in [0.3, 0.4) is 0 Å². The summed E-state index contributed by atoms with van der Waals surface area (Å²) in [6, 6.07) is 4.42. The number of alkyl halides is 3. The van der Waals surface area contributed by atoms with Gasteiger partial charge in [0, 0.05) is 18.3 Å². The highest BCUT2D eigenvalue weighted by atomic mass is 19.4. The van der Waals surface area contributed by atoms with Gasteiger partial charge in [0.05, 0.1) is 17.1 Å².